The molecule has 3 heterocycles. The number of hydrogen-bond acceptors (Lipinski definition) is 7. The Balaban J connectivity index is 1.36. The number of methoxy groups -OCH3 is 1. The van der Waals surface area contributed by atoms with E-state index in [4.69, 9.17) is 14.2 Å². The third-order valence-corrected chi connectivity index (χ3v) is 7.82. The first kappa shape index (κ1) is 28.1. The van der Waals surface area contributed by atoms with Gasteiger partial charge in [-0.1, -0.05) is 36.4 Å². The number of imidazole rings is 1. The van der Waals surface area contributed by atoms with E-state index < -0.39 is 17.7 Å². The standard InChI is InChI=1S/C34H33N3O6/c1-22-17-26-18-25(10-11-27(26)43-22)32(38)30-31(37(34(40)33(30)39)15-6-14-36-16-13-35-21-36)24-9-12-28(29(19-24)41-2)42-20-23-7-4-3-5-8-23/h3-5,7-13,16,18-19,21-22,31,38H,6,14-15,17,20H2,1-2H3/t22-,31-/m0/s1. The maximum Gasteiger partial charge on any atom is 0.295 e. The second kappa shape index (κ2) is 12.1. The SMILES string of the molecule is COc1cc([C@H]2C(=C(O)c3ccc4c(c3)C[C@H](C)O4)C(=O)C(=O)N2CCCn2ccnc2)ccc1OCc1ccccc1. The van der Waals surface area contributed by atoms with Crippen molar-refractivity contribution in [2.75, 3.05) is 13.7 Å². The minimum Gasteiger partial charge on any atom is -0.507 e. The normalized spacial score (nSPS) is 18.9. The monoisotopic (exact) mass is 579 g/mol. The molecule has 3 aromatic carbocycles. The lowest BCUT2D eigenvalue weighted by Gasteiger charge is -2.26. The molecule has 6 rings (SSSR count). The van der Waals surface area contributed by atoms with Crippen molar-refractivity contribution in [2.45, 2.75) is 45.1 Å². The molecule has 0 spiro atoms. The van der Waals surface area contributed by atoms with Crippen molar-refractivity contribution in [1.29, 1.82) is 0 Å². The van der Waals surface area contributed by atoms with Crippen molar-refractivity contribution in [3.63, 3.8) is 0 Å². The van der Waals surface area contributed by atoms with Gasteiger partial charge in [0.25, 0.3) is 11.7 Å². The van der Waals surface area contributed by atoms with E-state index in [-0.39, 0.29) is 17.4 Å². The number of aliphatic hydroxyl groups is 1. The average Bonchev–Trinajstić information content (AvgIpc) is 3.74. The summed E-state index contributed by atoms with van der Waals surface area (Å²) in [6.45, 7) is 3.25. The van der Waals surface area contributed by atoms with Crippen LogP contribution in [0.4, 0.5) is 0 Å². The minimum atomic E-state index is -0.816. The van der Waals surface area contributed by atoms with Gasteiger partial charge in [-0.3, -0.25) is 9.59 Å². The first-order chi connectivity index (χ1) is 20.9. The molecular weight excluding hydrogens is 546 g/mol. The van der Waals surface area contributed by atoms with Crippen molar-refractivity contribution >= 4 is 17.4 Å². The van der Waals surface area contributed by atoms with Gasteiger partial charge in [0.15, 0.2) is 11.5 Å². The molecule has 4 aromatic rings. The fraction of sp³-hybridized carbons (Fsp3) is 0.265. The molecule has 0 unspecified atom stereocenters. The van der Waals surface area contributed by atoms with Crippen LogP contribution in [0.25, 0.3) is 5.76 Å². The summed E-state index contributed by atoms with van der Waals surface area (Å²) in [5.41, 5.74) is 3.09. The molecule has 2 atom stereocenters. The number of nitrogens with zero attached hydrogens (tertiary/aromatic N) is 3. The fourth-order valence-electron chi connectivity index (χ4n) is 5.73. The van der Waals surface area contributed by atoms with Gasteiger partial charge < -0.3 is 28.8 Å². The molecule has 1 fully saturated rings. The van der Waals surface area contributed by atoms with Crippen LogP contribution >= 0.6 is 0 Å². The topological polar surface area (TPSA) is 103 Å². The number of likely N-dealkylation sites (tertiary alicyclic amines) is 1. The zero-order valence-electron chi connectivity index (χ0n) is 24.1. The van der Waals surface area contributed by atoms with Gasteiger partial charge in [0, 0.05) is 37.5 Å². The maximum absolute atomic E-state index is 13.6. The molecule has 0 radical (unpaired) electrons. The summed E-state index contributed by atoms with van der Waals surface area (Å²) in [6, 6.07) is 19.7. The Bertz CT molecular complexity index is 1660. The Morgan fingerprint density at radius 2 is 1.88 bits per heavy atom. The second-order valence-corrected chi connectivity index (χ2v) is 10.8. The highest BCUT2D eigenvalue weighted by atomic mass is 16.5. The third kappa shape index (κ3) is 5.70. The molecule has 9 heteroatoms. The molecule has 1 amide bonds. The molecule has 43 heavy (non-hydrogen) atoms. The number of benzene rings is 3. The van der Waals surface area contributed by atoms with Gasteiger partial charge in [0.1, 0.15) is 24.2 Å². The highest BCUT2D eigenvalue weighted by Gasteiger charge is 2.46. The van der Waals surface area contributed by atoms with Crippen LogP contribution in [0, 0.1) is 0 Å². The molecule has 0 saturated carbocycles. The number of Topliss-reactive ketones (excluding diaryl/α,β-unsaturated/α-hetero) is 1. The Morgan fingerprint density at radius 1 is 1.05 bits per heavy atom. The maximum atomic E-state index is 13.6. The molecule has 2 aliphatic rings. The number of carbonyl (C=O) groups excluding carboxylic acids is 2. The van der Waals surface area contributed by atoms with E-state index in [1.807, 2.05) is 60.2 Å². The van der Waals surface area contributed by atoms with Crippen LogP contribution in [0.5, 0.6) is 17.2 Å². The van der Waals surface area contributed by atoms with Crippen molar-refractivity contribution in [3.8, 4) is 17.2 Å². The van der Waals surface area contributed by atoms with Crippen LogP contribution in [0.2, 0.25) is 0 Å². The zero-order chi connectivity index (χ0) is 29.9. The van der Waals surface area contributed by atoms with E-state index in [1.165, 1.54) is 4.90 Å². The predicted octanol–water partition coefficient (Wildman–Crippen LogP) is 5.31. The fourth-order valence-corrected chi connectivity index (χ4v) is 5.73. The summed E-state index contributed by atoms with van der Waals surface area (Å²) in [5, 5.41) is 11.6. The third-order valence-electron chi connectivity index (χ3n) is 7.82. The minimum absolute atomic E-state index is 0.0311. The van der Waals surface area contributed by atoms with E-state index in [1.54, 1.807) is 43.9 Å². The molecule has 1 aromatic heterocycles. The van der Waals surface area contributed by atoms with E-state index in [0.29, 0.717) is 55.2 Å². The number of rotatable bonds is 10. The Morgan fingerprint density at radius 3 is 2.65 bits per heavy atom. The van der Waals surface area contributed by atoms with E-state index in [0.717, 1.165) is 16.9 Å². The van der Waals surface area contributed by atoms with Crippen molar-refractivity contribution in [1.82, 2.24) is 14.5 Å². The van der Waals surface area contributed by atoms with Crippen LogP contribution in [0.15, 0.2) is 91.0 Å². The number of ketones is 1. The number of hydrogen-bond donors (Lipinski definition) is 1. The smallest absolute Gasteiger partial charge is 0.295 e. The van der Waals surface area contributed by atoms with Gasteiger partial charge in [-0.05, 0) is 60.4 Å². The summed E-state index contributed by atoms with van der Waals surface area (Å²) in [7, 11) is 1.55. The Kier molecular flexibility index (Phi) is 7.87. The number of aromatic nitrogens is 2. The number of carbonyl (C=O) groups is 2. The second-order valence-electron chi connectivity index (χ2n) is 10.8. The van der Waals surface area contributed by atoms with E-state index in [9.17, 15) is 14.7 Å². The highest BCUT2D eigenvalue weighted by molar-refractivity contribution is 6.46. The Hall–Kier alpha value is -5.05. The van der Waals surface area contributed by atoms with Crippen molar-refractivity contribution < 1.29 is 28.9 Å². The first-order valence-corrected chi connectivity index (χ1v) is 14.3. The highest BCUT2D eigenvalue weighted by Crippen LogP contribution is 2.43. The number of aliphatic hydroxyl groups excluding tert-OH is 1. The van der Waals surface area contributed by atoms with Crippen LogP contribution < -0.4 is 14.2 Å². The largest absolute Gasteiger partial charge is 0.507 e. The zero-order valence-corrected chi connectivity index (χ0v) is 24.1. The number of aryl methyl sites for hydroxylation is 1. The van der Waals surface area contributed by atoms with Crippen LogP contribution in [0.3, 0.4) is 0 Å². The number of fused-ring (bicyclic) bond motifs is 1. The van der Waals surface area contributed by atoms with Crippen LogP contribution in [-0.4, -0.2) is 51.0 Å². The molecule has 220 valence electrons. The Labute approximate surface area is 250 Å². The average molecular weight is 580 g/mol. The lowest BCUT2D eigenvalue weighted by Crippen LogP contribution is -2.31. The van der Waals surface area contributed by atoms with Crippen molar-refractivity contribution in [2.24, 2.45) is 0 Å². The quantitative estimate of drug-likeness (QED) is 0.154. The number of amides is 1. The lowest BCUT2D eigenvalue weighted by molar-refractivity contribution is -0.139. The van der Waals surface area contributed by atoms with Crippen molar-refractivity contribution in [3.05, 3.63) is 113 Å². The molecular formula is C34H33N3O6. The number of ether oxygens (including phenoxy) is 3. The van der Waals surface area contributed by atoms with Gasteiger partial charge in [-0.25, -0.2) is 4.98 Å². The van der Waals surface area contributed by atoms with Gasteiger partial charge >= 0.3 is 0 Å². The van der Waals surface area contributed by atoms with E-state index >= 15 is 0 Å². The van der Waals surface area contributed by atoms with Gasteiger partial charge in [0.2, 0.25) is 0 Å². The summed E-state index contributed by atoms with van der Waals surface area (Å²) in [6.07, 6.45) is 6.57. The summed E-state index contributed by atoms with van der Waals surface area (Å²) in [4.78, 5) is 32.6. The molecule has 1 N–H and O–H groups in total. The van der Waals surface area contributed by atoms with Gasteiger partial charge in [-0.15, -0.1) is 0 Å². The molecule has 9 nitrogen and oxygen atoms in total. The molecule has 2 aliphatic heterocycles. The molecule has 1 saturated heterocycles. The summed E-state index contributed by atoms with van der Waals surface area (Å²) >= 11 is 0. The van der Waals surface area contributed by atoms with Gasteiger partial charge in [-0.2, -0.15) is 0 Å². The molecule has 0 aliphatic carbocycles. The molecule has 0 bridgehead atoms. The summed E-state index contributed by atoms with van der Waals surface area (Å²) < 4.78 is 19.5. The first-order valence-electron chi connectivity index (χ1n) is 14.3. The van der Waals surface area contributed by atoms with Crippen LogP contribution in [0.1, 0.15) is 41.6 Å². The van der Waals surface area contributed by atoms with Gasteiger partial charge in [0.05, 0.1) is 25.1 Å². The van der Waals surface area contributed by atoms with E-state index in [2.05, 4.69) is 4.98 Å². The lowest BCUT2D eigenvalue weighted by atomic mass is 9.94. The van der Waals surface area contributed by atoms with Crippen LogP contribution in [-0.2, 0) is 29.2 Å². The summed E-state index contributed by atoms with van der Waals surface area (Å²) in [5.74, 6) is 0.154. The predicted molar refractivity (Wildman–Crippen MR) is 160 cm³/mol.